The van der Waals surface area contributed by atoms with Crippen LogP contribution in [0.25, 0.3) is 0 Å². The molecule has 1 rings (SSSR count). The number of carbonyl (C=O) groups excluding carboxylic acids is 2. The Morgan fingerprint density at radius 2 is 1.32 bits per heavy atom. The molecular formula is C32H54Cl2N4O6. The lowest BCUT2D eigenvalue weighted by Crippen LogP contribution is -2.36. The van der Waals surface area contributed by atoms with E-state index in [0.717, 1.165) is 45.0 Å². The summed E-state index contributed by atoms with van der Waals surface area (Å²) in [6, 6.07) is 8.48. The lowest BCUT2D eigenvalue weighted by atomic mass is 10.1. The van der Waals surface area contributed by atoms with Gasteiger partial charge in [-0.05, 0) is 43.7 Å². The van der Waals surface area contributed by atoms with Crippen LogP contribution in [0.5, 0.6) is 0 Å². The van der Waals surface area contributed by atoms with Gasteiger partial charge in [-0.25, -0.2) is 0 Å². The maximum Gasteiger partial charge on any atom is 0.222 e. The van der Waals surface area contributed by atoms with Crippen LogP contribution in [0.2, 0.25) is 0 Å². The van der Waals surface area contributed by atoms with Crippen LogP contribution in [0.15, 0.2) is 36.4 Å². The van der Waals surface area contributed by atoms with Crippen LogP contribution in [0, 0.1) is 0 Å². The number of nitrogens with one attached hydrogen (secondary N) is 2. The summed E-state index contributed by atoms with van der Waals surface area (Å²) in [6.07, 6.45) is 1.48. The van der Waals surface area contributed by atoms with Crippen LogP contribution in [0.3, 0.4) is 0 Å². The number of hydrogen-bond acceptors (Lipinski definition) is 9. The van der Waals surface area contributed by atoms with E-state index in [1.807, 2.05) is 7.05 Å². The molecule has 0 unspecified atom stereocenters. The normalized spacial score (nSPS) is 11.2. The van der Waals surface area contributed by atoms with Crippen molar-refractivity contribution >= 4 is 40.6 Å². The van der Waals surface area contributed by atoms with Gasteiger partial charge in [0.15, 0.2) is 5.78 Å². The predicted molar refractivity (Wildman–Crippen MR) is 179 cm³/mol. The summed E-state index contributed by atoms with van der Waals surface area (Å²) in [4.78, 5) is 27.8. The maximum atomic E-state index is 12.0. The number of carbonyl (C=O) groups is 2. The van der Waals surface area contributed by atoms with E-state index in [-0.39, 0.29) is 11.7 Å². The number of nitrogens with zero attached hydrogens (tertiary/aromatic N) is 2. The Bertz CT molecular complexity index is 888. The van der Waals surface area contributed by atoms with Gasteiger partial charge in [-0.2, -0.15) is 0 Å². The van der Waals surface area contributed by atoms with E-state index in [0.29, 0.717) is 96.0 Å². The van der Waals surface area contributed by atoms with Crippen LogP contribution in [0.1, 0.15) is 31.7 Å². The fourth-order valence-corrected chi connectivity index (χ4v) is 4.37. The van der Waals surface area contributed by atoms with E-state index >= 15 is 0 Å². The number of rotatable bonds is 30. The highest BCUT2D eigenvalue weighted by atomic mass is 35.5. The van der Waals surface area contributed by atoms with Crippen molar-refractivity contribution in [2.24, 2.45) is 0 Å². The number of ketones is 1. The molecule has 0 saturated heterocycles. The average molecular weight is 662 g/mol. The Hall–Kier alpha value is -1.76. The minimum atomic E-state index is -0.0189. The summed E-state index contributed by atoms with van der Waals surface area (Å²) in [5.74, 6) is 1.21. The van der Waals surface area contributed by atoms with Crippen molar-refractivity contribution < 1.29 is 28.5 Å². The molecule has 2 N–H and O–H groups in total. The summed E-state index contributed by atoms with van der Waals surface area (Å²) in [7, 11) is 2.05. The number of likely N-dealkylation sites (N-methyl/N-ethyl adjacent to an activating group) is 1. The van der Waals surface area contributed by atoms with Gasteiger partial charge in [-0.1, -0.05) is 18.7 Å². The van der Waals surface area contributed by atoms with Crippen molar-refractivity contribution in [2.75, 3.05) is 116 Å². The van der Waals surface area contributed by atoms with Crippen molar-refractivity contribution in [3.05, 3.63) is 42.0 Å². The van der Waals surface area contributed by atoms with E-state index < -0.39 is 0 Å². The second kappa shape index (κ2) is 27.5. The Morgan fingerprint density at radius 3 is 1.89 bits per heavy atom. The van der Waals surface area contributed by atoms with E-state index in [1.54, 1.807) is 6.92 Å². The van der Waals surface area contributed by atoms with Crippen molar-refractivity contribution in [3.63, 3.8) is 0 Å². The van der Waals surface area contributed by atoms with E-state index in [2.05, 4.69) is 51.3 Å². The first-order chi connectivity index (χ1) is 21.4. The molecule has 0 heterocycles. The summed E-state index contributed by atoms with van der Waals surface area (Å²) >= 11 is 11.8. The van der Waals surface area contributed by atoms with Gasteiger partial charge < -0.3 is 39.4 Å². The zero-order valence-corrected chi connectivity index (χ0v) is 28.3. The lowest BCUT2D eigenvalue weighted by molar-refractivity contribution is -0.122. The zero-order chi connectivity index (χ0) is 32.3. The van der Waals surface area contributed by atoms with E-state index in [4.69, 9.17) is 42.1 Å². The number of halogens is 2. The summed E-state index contributed by atoms with van der Waals surface area (Å²) < 4.78 is 21.8. The van der Waals surface area contributed by atoms with Gasteiger partial charge in [0.25, 0.3) is 0 Å². The van der Waals surface area contributed by atoms with E-state index in [9.17, 15) is 9.59 Å². The Kier molecular flexibility index (Phi) is 25.2. The van der Waals surface area contributed by atoms with Gasteiger partial charge in [0.1, 0.15) is 0 Å². The predicted octanol–water partition coefficient (Wildman–Crippen LogP) is 3.49. The number of benzene rings is 1. The molecule has 10 nitrogen and oxygen atoms in total. The summed E-state index contributed by atoms with van der Waals surface area (Å²) in [5, 5.41) is 6.41. The van der Waals surface area contributed by atoms with Crippen LogP contribution >= 0.6 is 23.2 Å². The minimum Gasteiger partial charge on any atom is -0.379 e. The van der Waals surface area contributed by atoms with Gasteiger partial charge >= 0.3 is 0 Å². The van der Waals surface area contributed by atoms with Crippen molar-refractivity contribution in [3.8, 4) is 0 Å². The lowest BCUT2D eigenvalue weighted by Gasteiger charge is -2.23. The van der Waals surface area contributed by atoms with Crippen LogP contribution < -0.4 is 15.5 Å². The molecule has 0 aromatic heterocycles. The fraction of sp³-hybridized carbons (Fsp3) is 0.688. The minimum absolute atomic E-state index is 0.0189. The van der Waals surface area contributed by atoms with E-state index in [1.165, 1.54) is 5.56 Å². The SMILES string of the molecule is C=C(C)C(=O)CCCOCCOCCOCCOCCC(=O)NCCN(C)CCNCc1ccc(N(CCCl)CCCl)cc1. The van der Waals surface area contributed by atoms with Gasteiger partial charge in [0.2, 0.25) is 5.91 Å². The molecule has 0 saturated carbocycles. The molecule has 1 amide bonds. The summed E-state index contributed by atoms with van der Waals surface area (Å²) in [6.45, 7) is 14.5. The molecule has 0 radical (unpaired) electrons. The van der Waals surface area contributed by atoms with Crippen LogP contribution in [-0.2, 0) is 35.1 Å². The Morgan fingerprint density at radius 1 is 0.773 bits per heavy atom. The second-order valence-electron chi connectivity index (χ2n) is 10.4. The van der Waals surface area contributed by atoms with Crippen molar-refractivity contribution in [1.29, 1.82) is 0 Å². The number of amides is 1. The van der Waals surface area contributed by atoms with Gasteiger partial charge in [-0.3, -0.25) is 9.59 Å². The topological polar surface area (TPSA) is 102 Å². The highest BCUT2D eigenvalue weighted by molar-refractivity contribution is 6.18. The molecule has 0 fully saturated rings. The first kappa shape index (κ1) is 40.3. The Labute approximate surface area is 274 Å². The monoisotopic (exact) mass is 660 g/mol. The zero-order valence-electron chi connectivity index (χ0n) is 26.8. The van der Waals surface area contributed by atoms with Crippen LogP contribution in [0.4, 0.5) is 5.69 Å². The smallest absolute Gasteiger partial charge is 0.222 e. The third-order valence-corrected chi connectivity index (χ3v) is 6.92. The molecule has 0 atom stereocenters. The molecule has 0 spiro atoms. The third kappa shape index (κ3) is 21.9. The number of hydrogen-bond donors (Lipinski definition) is 2. The molecular weight excluding hydrogens is 607 g/mol. The van der Waals surface area contributed by atoms with Crippen LogP contribution in [-0.4, -0.2) is 128 Å². The number of Topliss-reactive ketones (excluding diaryl/α,β-unsaturated/α-hetero) is 1. The molecule has 1 aromatic carbocycles. The molecule has 44 heavy (non-hydrogen) atoms. The second-order valence-corrected chi connectivity index (χ2v) is 11.1. The number of allylic oxidation sites excluding steroid dienone is 1. The number of alkyl halides is 2. The molecule has 0 aliphatic heterocycles. The average Bonchev–Trinajstić information content (AvgIpc) is 3.01. The Balaban J connectivity index is 1.91. The van der Waals surface area contributed by atoms with Gasteiger partial charge in [-0.15, -0.1) is 23.2 Å². The maximum absolute atomic E-state index is 12.0. The molecule has 0 bridgehead atoms. The largest absolute Gasteiger partial charge is 0.379 e. The van der Waals surface area contributed by atoms with Gasteiger partial charge in [0, 0.05) is 82.7 Å². The quantitative estimate of drug-likeness (QED) is 0.0730. The number of anilines is 1. The van der Waals surface area contributed by atoms with Crippen molar-refractivity contribution in [1.82, 2.24) is 15.5 Å². The highest BCUT2D eigenvalue weighted by Gasteiger charge is 2.06. The molecule has 252 valence electrons. The molecule has 0 aliphatic rings. The number of ether oxygens (including phenoxy) is 4. The third-order valence-electron chi connectivity index (χ3n) is 6.58. The molecule has 1 aromatic rings. The summed E-state index contributed by atoms with van der Waals surface area (Å²) in [5.41, 5.74) is 2.95. The standard InChI is InChI=1S/C32H54Cl2N4O6/c1-28(2)31(39)5-4-19-41-21-23-43-25-26-44-24-22-42-20-10-32(40)36-14-18-37(3)17-13-35-27-29-6-8-30(9-7-29)38(15-11-33)16-12-34/h6-9,35H,1,4-5,10-27H2,2-3H3,(H,36,40). The molecule has 0 aliphatic carbocycles. The highest BCUT2D eigenvalue weighted by Crippen LogP contribution is 2.15. The van der Waals surface area contributed by atoms with Crippen molar-refractivity contribution in [2.45, 2.75) is 32.7 Å². The van der Waals surface area contributed by atoms with Gasteiger partial charge in [0.05, 0.1) is 46.2 Å². The first-order valence-electron chi connectivity index (χ1n) is 15.5. The fourth-order valence-electron chi connectivity index (χ4n) is 3.96. The first-order valence-corrected chi connectivity index (χ1v) is 16.6. The molecule has 12 heteroatoms.